The third kappa shape index (κ3) is 1.62. The summed E-state index contributed by atoms with van der Waals surface area (Å²) >= 11 is 0. The number of nitriles is 2. The summed E-state index contributed by atoms with van der Waals surface area (Å²) in [5.41, 5.74) is 4.67. The summed E-state index contributed by atoms with van der Waals surface area (Å²) in [5, 5.41) is 16.3. The standard InChI is InChI=1S/C5H4N4/c1-9-5(3-7)4(8)2-6/h1,8H2. The smallest absolute Gasteiger partial charge is 0.173 e. The van der Waals surface area contributed by atoms with Gasteiger partial charge < -0.3 is 5.73 Å². The molecule has 0 aliphatic carbocycles. The number of aliphatic imine (C=N–C) groups is 1. The van der Waals surface area contributed by atoms with Crippen molar-refractivity contribution in [1.29, 1.82) is 10.5 Å². The minimum absolute atomic E-state index is 0.127. The molecule has 0 radical (unpaired) electrons. The lowest BCUT2D eigenvalue weighted by Gasteiger charge is -1.84. The third-order valence-electron chi connectivity index (χ3n) is 0.640. The predicted octanol–water partition coefficient (Wildman–Crippen LogP) is -0.0955. The number of nitrogens with two attached hydrogens (primary N) is 1. The van der Waals surface area contributed by atoms with Crippen LogP contribution in [0.5, 0.6) is 0 Å². The van der Waals surface area contributed by atoms with Crippen molar-refractivity contribution in [3.63, 3.8) is 0 Å². The van der Waals surface area contributed by atoms with Crippen molar-refractivity contribution in [2.24, 2.45) is 10.7 Å². The van der Waals surface area contributed by atoms with E-state index in [0.717, 1.165) is 0 Å². The highest BCUT2D eigenvalue weighted by Gasteiger charge is 1.95. The van der Waals surface area contributed by atoms with Crippen molar-refractivity contribution in [2.45, 2.75) is 0 Å². The SMILES string of the molecule is C=NC(C#N)=C(N)C#N. The second-order valence-corrected chi connectivity index (χ2v) is 1.14. The van der Waals surface area contributed by atoms with Crippen LogP contribution in [0, 0.1) is 22.7 Å². The molecule has 4 heteroatoms. The van der Waals surface area contributed by atoms with Gasteiger partial charge in [0.05, 0.1) is 0 Å². The van der Waals surface area contributed by atoms with Crippen LogP contribution in [-0.4, -0.2) is 6.72 Å². The zero-order valence-electron chi connectivity index (χ0n) is 4.63. The van der Waals surface area contributed by atoms with Crippen molar-refractivity contribution < 1.29 is 0 Å². The van der Waals surface area contributed by atoms with Crippen LogP contribution >= 0.6 is 0 Å². The average Bonchev–Trinajstić information content (AvgIpc) is 1.90. The van der Waals surface area contributed by atoms with Gasteiger partial charge in [-0.25, -0.2) is 0 Å². The summed E-state index contributed by atoms with van der Waals surface area (Å²) in [7, 11) is 0. The molecular weight excluding hydrogens is 116 g/mol. The van der Waals surface area contributed by atoms with Crippen molar-refractivity contribution >= 4 is 6.72 Å². The van der Waals surface area contributed by atoms with E-state index >= 15 is 0 Å². The molecule has 0 saturated carbocycles. The summed E-state index contributed by atoms with van der Waals surface area (Å²) < 4.78 is 0. The van der Waals surface area contributed by atoms with Gasteiger partial charge in [0, 0.05) is 0 Å². The molecular formula is C5H4N4. The molecule has 0 fully saturated rings. The summed E-state index contributed by atoms with van der Waals surface area (Å²) in [6.07, 6.45) is 0. The summed E-state index contributed by atoms with van der Waals surface area (Å²) in [5.74, 6) is 0. The Morgan fingerprint density at radius 2 is 2.00 bits per heavy atom. The molecule has 0 aliphatic rings. The van der Waals surface area contributed by atoms with Gasteiger partial charge in [0.1, 0.15) is 17.8 Å². The molecule has 0 rings (SSSR count). The number of rotatable bonds is 1. The highest BCUT2D eigenvalue weighted by Crippen LogP contribution is 1.94. The largest absolute Gasteiger partial charge is 0.388 e. The molecule has 0 aromatic carbocycles. The highest BCUT2D eigenvalue weighted by atomic mass is 14.8. The van der Waals surface area contributed by atoms with E-state index in [1.165, 1.54) is 0 Å². The van der Waals surface area contributed by atoms with E-state index in [1.807, 2.05) is 0 Å². The summed E-state index contributed by atoms with van der Waals surface area (Å²) in [4.78, 5) is 3.20. The van der Waals surface area contributed by atoms with E-state index in [2.05, 4.69) is 11.7 Å². The lowest BCUT2D eigenvalue weighted by atomic mass is 10.4. The van der Waals surface area contributed by atoms with E-state index < -0.39 is 0 Å². The van der Waals surface area contributed by atoms with E-state index in [9.17, 15) is 0 Å². The predicted molar refractivity (Wildman–Crippen MR) is 32.0 cm³/mol. The van der Waals surface area contributed by atoms with Gasteiger partial charge in [-0.05, 0) is 6.72 Å². The first-order valence-corrected chi connectivity index (χ1v) is 2.03. The Morgan fingerprint density at radius 3 is 2.11 bits per heavy atom. The van der Waals surface area contributed by atoms with Crippen LogP contribution < -0.4 is 5.73 Å². The second-order valence-electron chi connectivity index (χ2n) is 1.14. The molecule has 0 spiro atoms. The van der Waals surface area contributed by atoms with Crippen LogP contribution in [-0.2, 0) is 0 Å². The molecule has 9 heavy (non-hydrogen) atoms. The molecule has 0 amide bonds. The molecule has 4 nitrogen and oxygen atoms in total. The van der Waals surface area contributed by atoms with E-state index in [0.29, 0.717) is 0 Å². The number of hydrogen-bond acceptors (Lipinski definition) is 4. The van der Waals surface area contributed by atoms with Crippen molar-refractivity contribution in [3.05, 3.63) is 11.4 Å². The second kappa shape index (κ2) is 3.23. The molecule has 0 heterocycles. The van der Waals surface area contributed by atoms with Crippen LogP contribution in [0.4, 0.5) is 0 Å². The van der Waals surface area contributed by atoms with Gasteiger partial charge in [0.15, 0.2) is 5.70 Å². The maximum atomic E-state index is 8.15. The fourth-order valence-corrected chi connectivity index (χ4v) is 0.234. The van der Waals surface area contributed by atoms with Crippen molar-refractivity contribution in [3.8, 4) is 12.1 Å². The Hall–Kier alpha value is -1.81. The van der Waals surface area contributed by atoms with Crippen LogP contribution in [0.15, 0.2) is 16.4 Å². The fraction of sp³-hybridized carbons (Fsp3) is 0. The van der Waals surface area contributed by atoms with Gasteiger partial charge in [-0.15, -0.1) is 0 Å². The quantitative estimate of drug-likeness (QED) is 0.387. The number of hydrogen-bond donors (Lipinski definition) is 1. The van der Waals surface area contributed by atoms with E-state index in [4.69, 9.17) is 16.3 Å². The van der Waals surface area contributed by atoms with E-state index in [-0.39, 0.29) is 11.4 Å². The van der Waals surface area contributed by atoms with Crippen LogP contribution in [0.25, 0.3) is 0 Å². The highest BCUT2D eigenvalue weighted by molar-refractivity contribution is 5.40. The van der Waals surface area contributed by atoms with Crippen molar-refractivity contribution in [1.82, 2.24) is 0 Å². The first-order chi connectivity index (χ1) is 4.26. The molecule has 2 N–H and O–H groups in total. The van der Waals surface area contributed by atoms with Crippen LogP contribution in [0.2, 0.25) is 0 Å². The molecule has 0 atom stereocenters. The Kier molecular flexibility index (Phi) is 2.58. The molecule has 0 saturated heterocycles. The summed E-state index contributed by atoms with van der Waals surface area (Å²) in [6, 6.07) is 3.17. The molecule has 44 valence electrons. The number of nitrogens with zero attached hydrogens (tertiary/aromatic N) is 3. The maximum Gasteiger partial charge on any atom is 0.173 e. The fourth-order valence-electron chi connectivity index (χ4n) is 0.234. The topological polar surface area (TPSA) is 86.0 Å². The number of allylic oxidation sites excluding steroid dienone is 2. The van der Waals surface area contributed by atoms with Crippen molar-refractivity contribution in [2.75, 3.05) is 0 Å². The van der Waals surface area contributed by atoms with Gasteiger partial charge >= 0.3 is 0 Å². The zero-order valence-corrected chi connectivity index (χ0v) is 4.63. The van der Waals surface area contributed by atoms with Gasteiger partial charge in [-0.2, -0.15) is 10.5 Å². The molecule has 0 aliphatic heterocycles. The normalized spacial score (nSPS) is 10.4. The Balaban J connectivity index is 4.70. The van der Waals surface area contributed by atoms with Gasteiger partial charge in [0.25, 0.3) is 0 Å². The van der Waals surface area contributed by atoms with Gasteiger partial charge in [-0.1, -0.05) is 0 Å². The molecule has 0 aromatic rings. The molecule has 0 aromatic heterocycles. The zero-order chi connectivity index (χ0) is 7.28. The Bertz CT molecular complexity index is 224. The minimum atomic E-state index is -0.201. The first kappa shape index (κ1) is 7.19. The third-order valence-corrected chi connectivity index (χ3v) is 0.640. The Labute approximate surface area is 52.5 Å². The monoisotopic (exact) mass is 120 g/mol. The molecule has 0 unspecified atom stereocenters. The average molecular weight is 120 g/mol. The van der Waals surface area contributed by atoms with E-state index in [1.54, 1.807) is 12.1 Å². The molecule has 0 bridgehead atoms. The maximum absolute atomic E-state index is 8.15. The Morgan fingerprint density at radius 1 is 1.44 bits per heavy atom. The lowest BCUT2D eigenvalue weighted by molar-refractivity contribution is 1.28. The van der Waals surface area contributed by atoms with Gasteiger partial charge in [0.2, 0.25) is 0 Å². The first-order valence-electron chi connectivity index (χ1n) is 2.03. The van der Waals surface area contributed by atoms with Gasteiger partial charge in [-0.3, -0.25) is 4.99 Å². The lowest BCUT2D eigenvalue weighted by Crippen LogP contribution is -1.96. The van der Waals surface area contributed by atoms with Crippen LogP contribution in [0.3, 0.4) is 0 Å². The minimum Gasteiger partial charge on any atom is -0.388 e. The summed E-state index contributed by atoms with van der Waals surface area (Å²) in [6.45, 7) is 3.04. The van der Waals surface area contributed by atoms with Crippen LogP contribution in [0.1, 0.15) is 0 Å².